The van der Waals surface area contributed by atoms with Crippen molar-refractivity contribution in [2.24, 2.45) is 5.92 Å². The standard InChI is InChI=1S/C24H30BN3O4/c1-23(2)24(3,4)32-25(31-23)15-7-9-17-13(11-15)6-10-18-19(17)27-21(26-18)20-14-5-8-16(12-14)28(20)22(29)30/h7,9,11,14,16,20H,5-6,8,10,12H2,1-4H3,(H,26,27)(H,29,30)/t14-,16+,20-/m0/s1. The zero-order valence-electron chi connectivity index (χ0n) is 19.1. The van der Waals surface area contributed by atoms with E-state index in [0.29, 0.717) is 5.92 Å². The Kier molecular flexibility index (Phi) is 4.19. The number of H-pyrrole nitrogens is 1. The fourth-order valence-corrected chi connectivity index (χ4v) is 6.03. The van der Waals surface area contributed by atoms with E-state index in [2.05, 4.69) is 50.9 Å². The third-order valence-electron chi connectivity index (χ3n) is 8.44. The average molecular weight is 435 g/mol. The molecule has 7 nitrogen and oxygen atoms in total. The van der Waals surface area contributed by atoms with Gasteiger partial charge in [-0.3, -0.25) is 4.90 Å². The number of rotatable bonds is 2. The number of fused-ring (bicyclic) bond motifs is 5. The predicted molar refractivity (Wildman–Crippen MR) is 121 cm³/mol. The molecule has 8 heteroatoms. The molecule has 3 heterocycles. The lowest BCUT2D eigenvalue weighted by molar-refractivity contribution is 0.00578. The van der Waals surface area contributed by atoms with Gasteiger partial charge in [-0.25, -0.2) is 9.78 Å². The molecule has 32 heavy (non-hydrogen) atoms. The van der Waals surface area contributed by atoms with Crippen LogP contribution in [0.25, 0.3) is 11.3 Å². The van der Waals surface area contributed by atoms with Crippen LogP contribution in [0.2, 0.25) is 0 Å². The number of aromatic nitrogens is 2. The molecular weight excluding hydrogens is 405 g/mol. The third kappa shape index (κ3) is 2.82. The molecule has 0 unspecified atom stereocenters. The first-order chi connectivity index (χ1) is 15.1. The highest BCUT2D eigenvalue weighted by atomic mass is 16.7. The van der Waals surface area contributed by atoms with Gasteiger partial charge in [-0.1, -0.05) is 18.2 Å². The van der Waals surface area contributed by atoms with E-state index in [9.17, 15) is 9.90 Å². The number of aromatic amines is 1. The maximum Gasteiger partial charge on any atom is 0.494 e. The molecule has 168 valence electrons. The average Bonchev–Trinajstić information content (AvgIpc) is 3.48. The Labute approximate surface area is 188 Å². The minimum absolute atomic E-state index is 0.138. The summed E-state index contributed by atoms with van der Waals surface area (Å²) in [5.41, 5.74) is 4.75. The Balaban J connectivity index is 1.32. The summed E-state index contributed by atoms with van der Waals surface area (Å²) in [6.45, 7) is 8.27. The van der Waals surface area contributed by atoms with Gasteiger partial charge < -0.3 is 19.4 Å². The van der Waals surface area contributed by atoms with Crippen molar-refractivity contribution in [2.75, 3.05) is 0 Å². The summed E-state index contributed by atoms with van der Waals surface area (Å²) in [4.78, 5) is 22.1. The number of carbonyl (C=O) groups is 1. The highest BCUT2D eigenvalue weighted by molar-refractivity contribution is 6.62. The molecule has 0 spiro atoms. The number of amides is 1. The van der Waals surface area contributed by atoms with E-state index in [0.717, 1.165) is 60.3 Å². The molecule has 2 N–H and O–H groups in total. The SMILES string of the molecule is CC1(C)OB(c2ccc3c(c2)CCc2[nH]c([C@@H]4[C@H]5CC[C@H](C5)N4C(=O)O)nc2-3)OC1(C)C. The van der Waals surface area contributed by atoms with Crippen molar-refractivity contribution >= 4 is 18.7 Å². The second kappa shape index (κ2) is 6.61. The zero-order chi connectivity index (χ0) is 22.4. The number of nitrogens with one attached hydrogen (secondary N) is 1. The molecule has 1 amide bonds. The summed E-state index contributed by atoms with van der Waals surface area (Å²) < 4.78 is 12.5. The minimum atomic E-state index is -0.830. The number of imidazole rings is 1. The number of hydrogen-bond donors (Lipinski definition) is 2. The van der Waals surface area contributed by atoms with Gasteiger partial charge in [-0.15, -0.1) is 0 Å². The van der Waals surface area contributed by atoms with Crippen LogP contribution in [0.5, 0.6) is 0 Å². The normalized spacial score (nSPS) is 29.3. The van der Waals surface area contributed by atoms with Crippen molar-refractivity contribution in [3.05, 3.63) is 35.3 Å². The van der Waals surface area contributed by atoms with Crippen LogP contribution in [0.15, 0.2) is 18.2 Å². The third-order valence-corrected chi connectivity index (χ3v) is 8.44. The number of benzene rings is 1. The summed E-state index contributed by atoms with van der Waals surface area (Å²) in [6.07, 6.45) is 3.96. The van der Waals surface area contributed by atoms with E-state index in [4.69, 9.17) is 14.3 Å². The Hall–Kier alpha value is -2.32. The van der Waals surface area contributed by atoms with Gasteiger partial charge in [0.05, 0.1) is 22.9 Å². The maximum absolute atomic E-state index is 11.9. The van der Waals surface area contributed by atoms with E-state index < -0.39 is 6.09 Å². The monoisotopic (exact) mass is 435 g/mol. The molecule has 2 aliphatic heterocycles. The lowest BCUT2D eigenvalue weighted by Crippen LogP contribution is -2.41. The van der Waals surface area contributed by atoms with Gasteiger partial charge in [0.1, 0.15) is 5.82 Å². The van der Waals surface area contributed by atoms with Crippen molar-refractivity contribution in [3.8, 4) is 11.3 Å². The second-order valence-corrected chi connectivity index (χ2v) is 10.8. The number of likely N-dealkylation sites (tertiary alicyclic amines) is 1. The molecule has 3 atom stereocenters. The van der Waals surface area contributed by atoms with E-state index >= 15 is 0 Å². The summed E-state index contributed by atoms with van der Waals surface area (Å²) in [6, 6.07) is 6.37. The minimum Gasteiger partial charge on any atom is -0.465 e. The molecule has 0 radical (unpaired) electrons. The van der Waals surface area contributed by atoms with Gasteiger partial charge in [0, 0.05) is 17.3 Å². The summed E-state index contributed by atoms with van der Waals surface area (Å²) in [5.74, 6) is 1.18. The maximum atomic E-state index is 11.9. The van der Waals surface area contributed by atoms with Gasteiger partial charge in [-0.05, 0) is 76.7 Å². The van der Waals surface area contributed by atoms with Crippen LogP contribution in [0, 0.1) is 5.92 Å². The van der Waals surface area contributed by atoms with E-state index in [1.165, 1.54) is 5.56 Å². The summed E-state index contributed by atoms with van der Waals surface area (Å²) in [5, 5.41) is 9.80. The predicted octanol–water partition coefficient (Wildman–Crippen LogP) is 3.68. The molecule has 2 bridgehead atoms. The lowest BCUT2D eigenvalue weighted by Gasteiger charge is -2.32. The molecule has 2 aromatic rings. The van der Waals surface area contributed by atoms with Crippen molar-refractivity contribution in [2.45, 2.75) is 83.1 Å². The molecule has 1 aromatic heterocycles. The highest BCUT2D eigenvalue weighted by Crippen LogP contribution is 2.50. The van der Waals surface area contributed by atoms with Crippen molar-refractivity contribution in [1.29, 1.82) is 0 Å². The molecule has 2 saturated heterocycles. The first-order valence-electron chi connectivity index (χ1n) is 11.7. The van der Waals surface area contributed by atoms with Gasteiger partial charge >= 0.3 is 13.2 Å². The molecular formula is C24H30BN3O4. The first kappa shape index (κ1) is 20.3. The molecule has 3 fully saturated rings. The van der Waals surface area contributed by atoms with Gasteiger partial charge in [0.25, 0.3) is 0 Å². The van der Waals surface area contributed by atoms with Crippen LogP contribution in [0.3, 0.4) is 0 Å². The van der Waals surface area contributed by atoms with Gasteiger partial charge in [0.2, 0.25) is 0 Å². The Bertz CT molecular complexity index is 1090. The van der Waals surface area contributed by atoms with Crippen molar-refractivity contribution in [1.82, 2.24) is 14.9 Å². The first-order valence-corrected chi connectivity index (χ1v) is 11.7. The zero-order valence-corrected chi connectivity index (χ0v) is 19.1. The fraction of sp³-hybridized carbons (Fsp3) is 0.583. The van der Waals surface area contributed by atoms with Crippen LogP contribution in [-0.4, -0.2) is 50.4 Å². The summed E-state index contributed by atoms with van der Waals surface area (Å²) >= 11 is 0. The Morgan fingerprint density at radius 3 is 2.66 bits per heavy atom. The molecule has 6 rings (SSSR count). The van der Waals surface area contributed by atoms with E-state index in [-0.39, 0.29) is 30.4 Å². The van der Waals surface area contributed by atoms with E-state index in [1.807, 2.05) is 0 Å². The number of carboxylic acid groups (broad SMARTS) is 1. The number of nitrogens with zero attached hydrogens (tertiary/aromatic N) is 2. The van der Waals surface area contributed by atoms with Crippen LogP contribution >= 0.6 is 0 Å². The quantitative estimate of drug-likeness (QED) is 0.703. The number of hydrogen-bond acceptors (Lipinski definition) is 4. The fourth-order valence-electron chi connectivity index (χ4n) is 6.03. The van der Waals surface area contributed by atoms with Crippen LogP contribution in [0.4, 0.5) is 4.79 Å². The molecule has 1 saturated carbocycles. The molecule has 1 aromatic carbocycles. The Morgan fingerprint density at radius 2 is 1.94 bits per heavy atom. The van der Waals surface area contributed by atoms with Crippen molar-refractivity contribution < 1.29 is 19.2 Å². The van der Waals surface area contributed by atoms with Crippen LogP contribution < -0.4 is 5.46 Å². The number of aryl methyl sites for hydroxylation is 2. The summed E-state index contributed by atoms with van der Waals surface area (Å²) in [7, 11) is -0.375. The highest BCUT2D eigenvalue weighted by Gasteiger charge is 2.52. The molecule has 4 aliphatic rings. The second-order valence-electron chi connectivity index (χ2n) is 10.8. The topological polar surface area (TPSA) is 87.7 Å². The largest absolute Gasteiger partial charge is 0.494 e. The van der Waals surface area contributed by atoms with Gasteiger partial charge in [0.15, 0.2) is 0 Å². The van der Waals surface area contributed by atoms with E-state index in [1.54, 1.807) is 4.90 Å². The van der Waals surface area contributed by atoms with Crippen LogP contribution in [-0.2, 0) is 22.2 Å². The smallest absolute Gasteiger partial charge is 0.465 e. The Morgan fingerprint density at radius 1 is 1.19 bits per heavy atom. The van der Waals surface area contributed by atoms with Crippen molar-refractivity contribution in [3.63, 3.8) is 0 Å². The lowest BCUT2D eigenvalue weighted by atomic mass is 9.76. The van der Waals surface area contributed by atoms with Gasteiger partial charge in [-0.2, -0.15) is 0 Å². The number of piperidine rings is 1. The van der Waals surface area contributed by atoms with Crippen LogP contribution in [0.1, 0.15) is 70.1 Å². The molecule has 2 aliphatic carbocycles.